The molecule has 1 aliphatic heterocycles. The van der Waals surface area contributed by atoms with Crippen molar-refractivity contribution in [3.8, 4) is 0 Å². The number of benzene rings is 1. The van der Waals surface area contributed by atoms with Crippen LogP contribution in [0.5, 0.6) is 0 Å². The molecule has 0 amide bonds. The van der Waals surface area contributed by atoms with E-state index in [-0.39, 0.29) is 6.10 Å². The van der Waals surface area contributed by atoms with Gasteiger partial charge in [0.15, 0.2) is 0 Å². The Hall–Kier alpha value is -0.530. The summed E-state index contributed by atoms with van der Waals surface area (Å²) >= 11 is 6.00. The second kappa shape index (κ2) is 5.00. The predicted molar refractivity (Wildman–Crippen MR) is 63.3 cm³/mol. The second-order valence-electron chi connectivity index (χ2n) is 4.20. The zero-order chi connectivity index (χ0) is 10.7. The van der Waals surface area contributed by atoms with Crippen LogP contribution in [-0.2, 0) is 4.74 Å². The van der Waals surface area contributed by atoms with E-state index in [9.17, 15) is 0 Å². The van der Waals surface area contributed by atoms with Gasteiger partial charge in [0.25, 0.3) is 0 Å². The van der Waals surface area contributed by atoms with Crippen molar-refractivity contribution >= 4 is 11.6 Å². The second-order valence-corrected chi connectivity index (χ2v) is 4.51. The van der Waals surface area contributed by atoms with Gasteiger partial charge in [-0.2, -0.15) is 0 Å². The molecule has 1 aliphatic rings. The lowest BCUT2D eigenvalue weighted by Crippen LogP contribution is -2.24. The highest BCUT2D eigenvalue weighted by atomic mass is 35.5. The van der Waals surface area contributed by atoms with Crippen LogP contribution in [-0.4, -0.2) is 12.5 Å². The SMILES string of the molecule is Cc1ccccc1C1OCCCC1CCl. The molecular formula is C13H17ClO. The number of ether oxygens (including phenoxy) is 1. The van der Waals surface area contributed by atoms with Crippen molar-refractivity contribution < 1.29 is 4.74 Å². The molecule has 15 heavy (non-hydrogen) atoms. The quantitative estimate of drug-likeness (QED) is 0.696. The fourth-order valence-corrected chi connectivity index (χ4v) is 2.57. The first kappa shape index (κ1) is 11.0. The summed E-state index contributed by atoms with van der Waals surface area (Å²) in [6, 6.07) is 8.44. The Labute approximate surface area is 96.4 Å². The monoisotopic (exact) mass is 224 g/mol. The minimum absolute atomic E-state index is 0.206. The molecule has 2 rings (SSSR count). The van der Waals surface area contributed by atoms with Crippen molar-refractivity contribution in [3.63, 3.8) is 0 Å². The smallest absolute Gasteiger partial charge is 0.0867 e. The molecule has 2 atom stereocenters. The van der Waals surface area contributed by atoms with E-state index in [2.05, 4.69) is 31.2 Å². The summed E-state index contributed by atoms with van der Waals surface area (Å²) in [7, 11) is 0. The number of alkyl halides is 1. The van der Waals surface area contributed by atoms with Gasteiger partial charge in [0.1, 0.15) is 0 Å². The summed E-state index contributed by atoms with van der Waals surface area (Å²) in [4.78, 5) is 0. The average molecular weight is 225 g/mol. The lowest BCUT2D eigenvalue weighted by Gasteiger charge is -2.31. The first-order valence-corrected chi connectivity index (χ1v) is 6.09. The molecule has 0 saturated carbocycles. The maximum atomic E-state index is 6.00. The summed E-state index contributed by atoms with van der Waals surface area (Å²) in [5, 5.41) is 0. The van der Waals surface area contributed by atoms with Crippen LogP contribution in [0, 0.1) is 12.8 Å². The standard InChI is InChI=1S/C13H17ClO/c1-10-5-2-3-7-12(10)13-11(9-14)6-4-8-15-13/h2-3,5,7,11,13H,4,6,8-9H2,1H3. The zero-order valence-corrected chi connectivity index (χ0v) is 9.83. The van der Waals surface area contributed by atoms with E-state index in [0.29, 0.717) is 11.8 Å². The van der Waals surface area contributed by atoms with Gasteiger partial charge in [-0.25, -0.2) is 0 Å². The molecular weight excluding hydrogens is 208 g/mol. The van der Waals surface area contributed by atoms with Crippen LogP contribution in [0.1, 0.15) is 30.1 Å². The molecule has 1 fully saturated rings. The highest BCUT2D eigenvalue weighted by Gasteiger charge is 2.27. The molecule has 0 N–H and O–H groups in total. The van der Waals surface area contributed by atoms with Gasteiger partial charge < -0.3 is 4.74 Å². The van der Waals surface area contributed by atoms with E-state index in [1.165, 1.54) is 17.5 Å². The molecule has 1 heterocycles. The van der Waals surface area contributed by atoms with Crippen LogP contribution in [0.25, 0.3) is 0 Å². The summed E-state index contributed by atoms with van der Waals surface area (Å²) in [5.74, 6) is 1.17. The van der Waals surface area contributed by atoms with Crippen LogP contribution >= 0.6 is 11.6 Å². The lowest BCUT2D eigenvalue weighted by atomic mass is 9.89. The van der Waals surface area contributed by atoms with Gasteiger partial charge >= 0.3 is 0 Å². The maximum Gasteiger partial charge on any atom is 0.0867 e. The molecule has 1 saturated heterocycles. The number of halogens is 1. The highest BCUT2D eigenvalue weighted by Crippen LogP contribution is 2.35. The zero-order valence-electron chi connectivity index (χ0n) is 9.08. The van der Waals surface area contributed by atoms with E-state index < -0.39 is 0 Å². The molecule has 0 bridgehead atoms. The molecule has 1 aromatic rings. The Kier molecular flexibility index (Phi) is 3.66. The molecule has 2 heteroatoms. The lowest BCUT2D eigenvalue weighted by molar-refractivity contribution is -0.0211. The Balaban J connectivity index is 2.24. The molecule has 1 nitrogen and oxygen atoms in total. The van der Waals surface area contributed by atoms with Crippen molar-refractivity contribution in [2.45, 2.75) is 25.9 Å². The van der Waals surface area contributed by atoms with Crippen LogP contribution in [0.3, 0.4) is 0 Å². The van der Waals surface area contributed by atoms with E-state index in [1.807, 2.05) is 0 Å². The third-order valence-corrected chi connectivity index (χ3v) is 3.53. The van der Waals surface area contributed by atoms with Gasteiger partial charge in [0, 0.05) is 18.4 Å². The normalized spacial score (nSPS) is 26.5. The van der Waals surface area contributed by atoms with E-state index in [0.717, 1.165) is 13.0 Å². The van der Waals surface area contributed by atoms with Gasteiger partial charge in [-0.05, 0) is 30.9 Å². The van der Waals surface area contributed by atoms with Crippen molar-refractivity contribution in [2.24, 2.45) is 5.92 Å². The van der Waals surface area contributed by atoms with Gasteiger partial charge in [0.2, 0.25) is 0 Å². The minimum Gasteiger partial charge on any atom is -0.373 e. The Morgan fingerprint density at radius 2 is 2.20 bits per heavy atom. The first-order valence-electron chi connectivity index (χ1n) is 5.56. The molecule has 2 unspecified atom stereocenters. The van der Waals surface area contributed by atoms with Crippen molar-refractivity contribution in [3.05, 3.63) is 35.4 Å². The Morgan fingerprint density at radius 1 is 1.40 bits per heavy atom. The largest absolute Gasteiger partial charge is 0.373 e. The van der Waals surface area contributed by atoms with Crippen molar-refractivity contribution in [2.75, 3.05) is 12.5 Å². The molecule has 1 aromatic carbocycles. The molecule has 0 aromatic heterocycles. The number of rotatable bonds is 2. The van der Waals surface area contributed by atoms with E-state index in [4.69, 9.17) is 16.3 Å². The van der Waals surface area contributed by atoms with E-state index in [1.54, 1.807) is 0 Å². The summed E-state index contributed by atoms with van der Waals surface area (Å²) in [5.41, 5.74) is 2.61. The number of aryl methyl sites for hydroxylation is 1. The maximum absolute atomic E-state index is 6.00. The van der Waals surface area contributed by atoms with Gasteiger partial charge in [0.05, 0.1) is 6.10 Å². The Bertz CT molecular complexity index is 324. The van der Waals surface area contributed by atoms with E-state index >= 15 is 0 Å². The highest BCUT2D eigenvalue weighted by molar-refractivity contribution is 6.18. The minimum atomic E-state index is 0.206. The van der Waals surface area contributed by atoms with Gasteiger partial charge in [-0.1, -0.05) is 24.3 Å². The molecule has 0 radical (unpaired) electrons. The van der Waals surface area contributed by atoms with Crippen LogP contribution in [0.4, 0.5) is 0 Å². The fourth-order valence-electron chi connectivity index (χ4n) is 2.25. The average Bonchev–Trinajstić information content (AvgIpc) is 2.30. The molecule has 0 aliphatic carbocycles. The van der Waals surface area contributed by atoms with Gasteiger partial charge in [-0.3, -0.25) is 0 Å². The van der Waals surface area contributed by atoms with Crippen LogP contribution in [0.2, 0.25) is 0 Å². The van der Waals surface area contributed by atoms with Crippen LogP contribution in [0.15, 0.2) is 24.3 Å². The molecule has 0 spiro atoms. The topological polar surface area (TPSA) is 9.23 Å². The third kappa shape index (κ3) is 2.35. The van der Waals surface area contributed by atoms with Crippen molar-refractivity contribution in [1.82, 2.24) is 0 Å². The van der Waals surface area contributed by atoms with Crippen LogP contribution < -0.4 is 0 Å². The Morgan fingerprint density at radius 3 is 2.93 bits per heavy atom. The van der Waals surface area contributed by atoms with Crippen molar-refractivity contribution in [1.29, 1.82) is 0 Å². The first-order chi connectivity index (χ1) is 7.33. The number of hydrogen-bond acceptors (Lipinski definition) is 1. The molecule has 82 valence electrons. The number of hydrogen-bond donors (Lipinski definition) is 0. The summed E-state index contributed by atoms with van der Waals surface area (Å²) < 4.78 is 5.86. The summed E-state index contributed by atoms with van der Waals surface area (Å²) in [6.07, 6.45) is 2.53. The third-order valence-electron chi connectivity index (χ3n) is 3.14. The van der Waals surface area contributed by atoms with Gasteiger partial charge in [-0.15, -0.1) is 11.6 Å². The predicted octanol–water partition coefficient (Wildman–Crippen LogP) is 3.70. The summed E-state index contributed by atoms with van der Waals surface area (Å²) in [6.45, 7) is 3.00. The fraction of sp³-hybridized carbons (Fsp3) is 0.538.